The molecule has 0 unspecified atom stereocenters. The predicted molar refractivity (Wildman–Crippen MR) is 114 cm³/mol. The lowest BCUT2D eigenvalue weighted by Gasteiger charge is -2.15. The number of rotatable bonds is 4. The van der Waals surface area contributed by atoms with Crippen LogP contribution in [0.2, 0.25) is 0 Å². The van der Waals surface area contributed by atoms with Crippen LogP contribution in [0.25, 0.3) is 10.2 Å². The van der Waals surface area contributed by atoms with Gasteiger partial charge in [-0.15, -0.1) is 11.3 Å². The highest BCUT2D eigenvalue weighted by atomic mass is 32.1. The van der Waals surface area contributed by atoms with E-state index >= 15 is 0 Å². The minimum absolute atomic E-state index is 0.0537. The Morgan fingerprint density at radius 3 is 2.79 bits per heavy atom. The molecular formula is C21H22N4O3S. The SMILES string of the molecule is CCOC(=O)c1sc2nc(C)nc(Nc3ccc4c(c3)CCN4C(C)=O)c2c1C. The Morgan fingerprint density at radius 1 is 1.28 bits per heavy atom. The third kappa shape index (κ3) is 3.44. The summed E-state index contributed by atoms with van der Waals surface area (Å²) >= 11 is 1.32. The Labute approximate surface area is 172 Å². The Hall–Kier alpha value is -3.00. The maximum atomic E-state index is 12.3. The molecular weight excluding hydrogens is 388 g/mol. The molecule has 1 aliphatic heterocycles. The molecule has 29 heavy (non-hydrogen) atoms. The van der Waals surface area contributed by atoms with Crippen LogP contribution in [-0.4, -0.2) is 35.0 Å². The monoisotopic (exact) mass is 410 g/mol. The number of ether oxygens (including phenoxy) is 1. The average Bonchev–Trinajstić information content (AvgIpc) is 3.23. The van der Waals surface area contributed by atoms with Crippen LogP contribution >= 0.6 is 11.3 Å². The van der Waals surface area contributed by atoms with Gasteiger partial charge in [-0.05, 0) is 56.5 Å². The van der Waals surface area contributed by atoms with Crippen LogP contribution in [0.1, 0.15) is 40.5 Å². The molecule has 8 heteroatoms. The van der Waals surface area contributed by atoms with Crippen LogP contribution in [0, 0.1) is 13.8 Å². The van der Waals surface area contributed by atoms with Gasteiger partial charge in [-0.2, -0.15) is 0 Å². The number of fused-ring (bicyclic) bond motifs is 2. The van der Waals surface area contributed by atoms with Crippen LogP contribution < -0.4 is 10.2 Å². The standard InChI is InChI=1S/C21H22N4O3S/c1-5-28-21(27)18-11(2)17-19(22-12(3)23-20(17)29-18)24-15-6-7-16-14(10-15)8-9-25(16)13(4)26/h6-7,10H,5,8-9H2,1-4H3,(H,22,23,24). The number of carbonyl (C=O) groups is 2. The number of hydrogen-bond donors (Lipinski definition) is 1. The van der Waals surface area contributed by atoms with Gasteiger partial charge >= 0.3 is 5.97 Å². The van der Waals surface area contributed by atoms with Crippen LogP contribution in [0.3, 0.4) is 0 Å². The maximum absolute atomic E-state index is 12.3. The summed E-state index contributed by atoms with van der Waals surface area (Å²) in [6.07, 6.45) is 0.827. The van der Waals surface area contributed by atoms with E-state index in [1.165, 1.54) is 11.3 Å². The summed E-state index contributed by atoms with van der Waals surface area (Å²) in [7, 11) is 0. The number of anilines is 3. The summed E-state index contributed by atoms with van der Waals surface area (Å²) in [5, 5.41) is 4.21. The van der Waals surface area contributed by atoms with Crippen molar-refractivity contribution in [3.8, 4) is 0 Å². The van der Waals surface area contributed by atoms with Crippen molar-refractivity contribution < 1.29 is 14.3 Å². The first kappa shape index (κ1) is 19.3. The summed E-state index contributed by atoms with van der Waals surface area (Å²) in [5.74, 6) is 1.01. The van der Waals surface area contributed by atoms with Crippen molar-refractivity contribution >= 4 is 50.6 Å². The smallest absolute Gasteiger partial charge is 0.348 e. The van der Waals surface area contributed by atoms with Crippen molar-refractivity contribution in [2.45, 2.75) is 34.1 Å². The minimum atomic E-state index is -0.335. The number of carbonyl (C=O) groups excluding carboxylic acids is 2. The van der Waals surface area contributed by atoms with Crippen LogP contribution in [0.15, 0.2) is 18.2 Å². The Kier molecular flexibility index (Phi) is 4.96. The second-order valence-corrected chi connectivity index (χ2v) is 7.96. The zero-order valence-corrected chi connectivity index (χ0v) is 17.6. The third-order valence-corrected chi connectivity index (χ3v) is 6.15. The Bertz CT molecular complexity index is 1140. The number of thiophene rings is 1. The molecule has 0 spiro atoms. The summed E-state index contributed by atoms with van der Waals surface area (Å²) in [5.41, 5.74) is 3.79. The average molecular weight is 410 g/mol. The number of nitrogens with zero attached hydrogens (tertiary/aromatic N) is 3. The highest BCUT2D eigenvalue weighted by molar-refractivity contribution is 7.20. The van der Waals surface area contributed by atoms with E-state index in [0.29, 0.717) is 29.7 Å². The maximum Gasteiger partial charge on any atom is 0.348 e. The lowest BCUT2D eigenvalue weighted by atomic mass is 10.1. The van der Waals surface area contributed by atoms with Crippen LogP contribution in [0.4, 0.5) is 17.2 Å². The fraction of sp³-hybridized carbons (Fsp3) is 0.333. The van der Waals surface area contributed by atoms with Crippen molar-refractivity contribution in [1.82, 2.24) is 9.97 Å². The quantitative estimate of drug-likeness (QED) is 0.651. The molecule has 0 bridgehead atoms. The van der Waals surface area contributed by atoms with E-state index in [-0.39, 0.29) is 11.9 Å². The van der Waals surface area contributed by atoms with Gasteiger partial charge in [-0.1, -0.05) is 0 Å². The summed E-state index contributed by atoms with van der Waals surface area (Å²) in [4.78, 5) is 36.2. The highest BCUT2D eigenvalue weighted by Crippen LogP contribution is 2.37. The molecule has 0 radical (unpaired) electrons. The second kappa shape index (κ2) is 7.44. The van der Waals surface area contributed by atoms with Crippen molar-refractivity contribution in [2.24, 2.45) is 0 Å². The fourth-order valence-electron chi connectivity index (χ4n) is 3.67. The first-order valence-corrected chi connectivity index (χ1v) is 10.3. The Balaban J connectivity index is 1.73. The largest absolute Gasteiger partial charge is 0.462 e. The zero-order valence-electron chi connectivity index (χ0n) is 16.8. The summed E-state index contributed by atoms with van der Waals surface area (Å²) in [6.45, 7) is 8.13. The molecule has 1 aromatic carbocycles. The van der Waals surface area contributed by atoms with Gasteiger partial charge in [0.1, 0.15) is 21.3 Å². The number of nitrogens with one attached hydrogen (secondary N) is 1. The van der Waals surface area contributed by atoms with E-state index in [1.54, 1.807) is 18.7 Å². The fourth-order valence-corrected chi connectivity index (χ4v) is 4.79. The molecule has 3 heterocycles. The molecule has 0 atom stereocenters. The van der Waals surface area contributed by atoms with E-state index in [2.05, 4.69) is 21.4 Å². The molecule has 1 amide bonds. The van der Waals surface area contributed by atoms with Gasteiger partial charge in [0.15, 0.2) is 0 Å². The molecule has 1 N–H and O–H groups in total. The molecule has 4 rings (SSSR count). The lowest BCUT2D eigenvalue weighted by molar-refractivity contribution is -0.116. The van der Waals surface area contributed by atoms with Gasteiger partial charge in [-0.3, -0.25) is 4.79 Å². The number of hydrogen-bond acceptors (Lipinski definition) is 7. The molecule has 0 saturated heterocycles. The van der Waals surface area contributed by atoms with Crippen molar-refractivity contribution in [1.29, 1.82) is 0 Å². The highest BCUT2D eigenvalue weighted by Gasteiger charge is 2.23. The normalized spacial score (nSPS) is 12.9. The summed E-state index contributed by atoms with van der Waals surface area (Å²) in [6, 6.07) is 5.95. The molecule has 3 aromatic rings. The summed E-state index contributed by atoms with van der Waals surface area (Å²) < 4.78 is 5.18. The molecule has 1 aliphatic rings. The molecule has 7 nitrogen and oxygen atoms in total. The predicted octanol–water partition coefficient (Wildman–Crippen LogP) is 4.14. The van der Waals surface area contributed by atoms with Crippen molar-refractivity contribution in [2.75, 3.05) is 23.4 Å². The lowest BCUT2D eigenvalue weighted by Crippen LogP contribution is -2.25. The first-order valence-electron chi connectivity index (χ1n) is 9.52. The van der Waals surface area contributed by atoms with E-state index in [4.69, 9.17) is 4.74 Å². The zero-order chi connectivity index (χ0) is 20.7. The molecule has 0 saturated carbocycles. The van der Waals surface area contributed by atoms with Crippen molar-refractivity contribution in [3.63, 3.8) is 0 Å². The van der Waals surface area contributed by atoms with Gasteiger partial charge in [0.05, 0.1) is 12.0 Å². The molecule has 2 aromatic heterocycles. The van der Waals surface area contributed by atoms with E-state index in [0.717, 1.165) is 39.1 Å². The van der Waals surface area contributed by atoms with E-state index in [1.807, 2.05) is 26.0 Å². The van der Waals surface area contributed by atoms with Gasteiger partial charge < -0.3 is 15.0 Å². The number of aromatic nitrogens is 2. The molecule has 0 aliphatic carbocycles. The van der Waals surface area contributed by atoms with Gasteiger partial charge in [-0.25, -0.2) is 14.8 Å². The van der Waals surface area contributed by atoms with Crippen molar-refractivity contribution in [3.05, 3.63) is 40.0 Å². The number of benzene rings is 1. The number of amides is 1. The van der Waals surface area contributed by atoms with Crippen LogP contribution in [-0.2, 0) is 16.0 Å². The van der Waals surface area contributed by atoms with E-state index in [9.17, 15) is 9.59 Å². The van der Waals surface area contributed by atoms with Gasteiger partial charge in [0.25, 0.3) is 0 Å². The number of esters is 1. The number of aryl methyl sites for hydroxylation is 2. The topological polar surface area (TPSA) is 84.4 Å². The van der Waals surface area contributed by atoms with Crippen LogP contribution in [0.5, 0.6) is 0 Å². The molecule has 150 valence electrons. The molecule has 0 fully saturated rings. The minimum Gasteiger partial charge on any atom is -0.462 e. The first-order chi connectivity index (χ1) is 13.9. The van der Waals surface area contributed by atoms with E-state index < -0.39 is 0 Å². The van der Waals surface area contributed by atoms with Gasteiger partial charge in [0, 0.05) is 24.8 Å². The second-order valence-electron chi connectivity index (χ2n) is 6.97. The Morgan fingerprint density at radius 2 is 2.07 bits per heavy atom. The third-order valence-electron chi connectivity index (χ3n) is 4.98. The van der Waals surface area contributed by atoms with Gasteiger partial charge in [0.2, 0.25) is 5.91 Å².